The summed E-state index contributed by atoms with van der Waals surface area (Å²) in [7, 11) is 0. The lowest BCUT2D eigenvalue weighted by atomic mass is 9.69. The molecule has 0 aromatic rings. The predicted octanol–water partition coefficient (Wildman–Crippen LogP) is 7.84. The number of unbranched alkanes of at least 4 members (excludes halogenated alkanes) is 3. The molecule has 2 aliphatic heterocycles. The average Bonchev–Trinajstić information content (AvgIpc) is 2.74. The van der Waals surface area contributed by atoms with Gasteiger partial charge in [-0.3, -0.25) is 5.41 Å². The minimum absolute atomic E-state index is 0.0362. The number of amidine groups is 1. The van der Waals surface area contributed by atoms with Crippen LogP contribution in [-0.2, 0) is 0 Å². The largest absolute Gasteiger partial charge is 0.370 e. The first-order valence-corrected chi connectivity index (χ1v) is 17.9. The van der Waals surface area contributed by atoms with Crippen LogP contribution in [0, 0.1) is 22.7 Å². The molecule has 0 saturated carbocycles. The van der Waals surface area contributed by atoms with Gasteiger partial charge in [0.15, 0.2) is 5.96 Å². The van der Waals surface area contributed by atoms with Crippen molar-refractivity contribution in [1.82, 2.24) is 20.9 Å². The van der Waals surface area contributed by atoms with Crippen LogP contribution in [0.4, 0.5) is 0 Å². The van der Waals surface area contributed by atoms with Crippen molar-refractivity contribution in [2.24, 2.45) is 28.0 Å². The smallest absolute Gasteiger partial charge is 0.195 e. The fourth-order valence-corrected chi connectivity index (χ4v) is 9.40. The number of rotatable bonds is 13. The number of nitrogens with zero attached hydrogens (tertiary/aromatic N) is 2. The number of aliphatic imine (C=N–C) groups is 1. The fraction of sp³-hybridized carbons (Fsp3) is 0.946. The van der Waals surface area contributed by atoms with Crippen molar-refractivity contribution in [3.63, 3.8) is 0 Å². The molecule has 2 aliphatic rings. The normalized spacial score (nSPS) is 23.5. The lowest BCUT2D eigenvalue weighted by Gasteiger charge is -2.49. The van der Waals surface area contributed by atoms with Crippen LogP contribution < -0.4 is 21.7 Å². The van der Waals surface area contributed by atoms with E-state index in [2.05, 4.69) is 118 Å². The molecule has 2 rings (SSSR count). The standard InChI is InChI=1S/C37H75N7/c1-15-44(28-24-35(9,10)43-36(11,12)25-28)21-19-17-16-18-20-29(27-22-33(5,6)42-34(7,8)23-27)30(38)40-31(39)41-37(13,14)26-32(2,3)4/h27-29,42-43H,15-26H2,1-14H3,(H4,38,39,40,41). The molecule has 0 aliphatic carbocycles. The molecule has 0 aromatic carbocycles. The highest BCUT2D eigenvalue weighted by atomic mass is 15.2. The minimum Gasteiger partial charge on any atom is -0.370 e. The number of guanidine groups is 1. The van der Waals surface area contributed by atoms with Gasteiger partial charge in [-0.1, -0.05) is 47.0 Å². The van der Waals surface area contributed by atoms with E-state index in [-0.39, 0.29) is 39.0 Å². The molecule has 0 aromatic heterocycles. The van der Waals surface area contributed by atoms with Gasteiger partial charge in [-0.05, 0) is 139 Å². The fourth-order valence-electron chi connectivity index (χ4n) is 9.40. The summed E-state index contributed by atoms with van der Waals surface area (Å²) in [5.41, 5.74) is 6.88. The lowest BCUT2D eigenvalue weighted by Crippen LogP contribution is -2.62. The molecular weight excluding hydrogens is 542 g/mol. The topological polar surface area (TPSA) is 102 Å². The van der Waals surface area contributed by atoms with Gasteiger partial charge in [0.25, 0.3) is 0 Å². The van der Waals surface area contributed by atoms with E-state index in [0.717, 1.165) is 38.6 Å². The maximum absolute atomic E-state index is 9.19. The molecule has 0 amide bonds. The van der Waals surface area contributed by atoms with E-state index in [4.69, 9.17) is 10.7 Å². The van der Waals surface area contributed by atoms with Crippen LogP contribution in [0.1, 0.15) is 161 Å². The summed E-state index contributed by atoms with van der Waals surface area (Å²) in [6.07, 6.45) is 11.3. The molecule has 7 nitrogen and oxygen atoms in total. The van der Waals surface area contributed by atoms with Gasteiger partial charge in [0.05, 0.1) is 0 Å². The second-order valence-electron chi connectivity index (χ2n) is 19.1. The molecule has 0 radical (unpaired) electrons. The summed E-state index contributed by atoms with van der Waals surface area (Å²) in [4.78, 5) is 7.45. The Balaban J connectivity index is 2.03. The van der Waals surface area contributed by atoms with E-state index in [9.17, 15) is 5.41 Å². The van der Waals surface area contributed by atoms with Gasteiger partial charge in [0, 0.05) is 39.7 Å². The maximum Gasteiger partial charge on any atom is 0.195 e. The molecular formula is C37H75N7. The molecule has 7 heteroatoms. The van der Waals surface area contributed by atoms with E-state index in [0.29, 0.717) is 23.8 Å². The highest BCUT2D eigenvalue weighted by Crippen LogP contribution is 2.39. The maximum atomic E-state index is 9.19. The van der Waals surface area contributed by atoms with Gasteiger partial charge in [-0.15, -0.1) is 0 Å². The molecule has 2 heterocycles. The molecule has 2 saturated heterocycles. The van der Waals surface area contributed by atoms with Gasteiger partial charge in [-0.25, -0.2) is 4.99 Å². The Hall–Kier alpha value is -1.18. The van der Waals surface area contributed by atoms with E-state index in [1.807, 2.05) is 0 Å². The summed E-state index contributed by atoms with van der Waals surface area (Å²) < 4.78 is 0. The second-order valence-corrected chi connectivity index (χ2v) is 19.1. The van der Waals surface area contributed by atoms with Crippen molar-refractivity contribution in [1.29, 1.82) is 5.41 Å². The van der Waals surface area contributed by atoms with Crippen molar-refractivity contribution in [2.45, 2.75) is 195 Å². The first kappa shape index (κ1) is 39.0. The van der Waals surface area contributed by atoms with Crippen LogP contribution in [0.2, 0.25) is 0 Å². The van der Waals surface area contributed by atoms with Gasteiger partial charge in [0.2, 0.25) is 0 Å². The summed E-state index contributed by atoms with van der Waals surface area (Å²) in [5.74, 6) is 1.36. The Bertz CT molecular complexity index is 921. The summed E-state index contributed by atoms with van der Waals surface area (Å²) in [6.45, 7) is 34.4. The van der Waals surface area contributed by atoms with Crippen molar-refractivity contribution in [3.05, 3.63) is 0 Å². The first-order chi connectivity index (χ1) is 19.8. The zero-order chi connectivity index (χ0) is 33.8. The van der Waals surface area contributed by atoms with Gasteiger partial charge in [0.1, 0.15) is 5.84 Å². The number of nitrogens with one attached hydrogen (secondary N) is 4. The number of nitrogens with two attached hydrogens (primary N) is 1. The van der Waals surface area contributed by atoms with Crippen LogP contribution in [0.5, 0.6) is 0 Å². The molecule has 6 N–H and O–H groups in total. The molecule has 2 fully saturated rings. The third-order valence-electron chi connectivity index (χ3n) is 9.62. The van der Waals surface area contributed by atoms with Gasteiger partial charge < -0.3 is 26.6 Å². The Kier molecular flexibility index (Phi) is 13.0. The highest BCUT2D eigenvalue weighted by molar-refractivity contribution is 5.95. The van der Waals surface area contributed by atoms with Crippen LogP contribution in [0.3, 0.4) is 0 Å². The molecule has 0 spiro atoms. The van der Waals surface area contributed by atoms with E-state index >= 15 is 0 Å². The van der Waals surface area contributed by atoms with E-state index in [1.54, 1.807) is 0 Å². The monoisotopic (exact) mass is 618 g/mol. The van der Waals surface area contributed by atoms with Gasteiger partial charge in [-0.2, -0.15) is 0 Å². The zero-order valence-corrected chi connectivity index (χ0v) is 31.7. The summed E-state index contributed by atoms with van der Waals surface area (Å²) in [6, 6.07) is 0.646. The van der Waals surface area contributed by atoms with Crippen molar-refractivity contribution >= 4 is 11.8 Å². The highest BCUT2D eigenvalue weighted by Gasteiger charge is 2.42. The zero-order valence-electron chi connectivity index (χ0n) is 31.7. The number of hydrogen-bond acceptors (Lipinski definition) is 4. The first-order valence-electron chi connectivity index (χ1n) is 17.9. The molecule has 0 bridgehead atoms. The van der Waals surface area contributed by atoms with Crippen molar-refractivity contribution in [2.75, 3.05) is 13.1 Å². The second kappa shape index (κ2) is 14.7. The number of piperidine rings is 2. The third kappa shape index (κ3) is 13.7. The Morgan fingerprint density at radius 2 is 1.32 bits per heavy atom. The summed E-state index contributed by atoms with van der Waals surface area (Å²) in [5, 5.41) is 20.3. The number of hydrogen-bond donors (Lipinski definition) is 5. The van der Waals surface area contributed by atoms with Crippen molar-refractivity contribution < 1.29 is 0 Å². The SMILES string of the molecule is CCN(CCCCCCC(C(=N)/N=C(\N)NC(C)(C)CC(C)(C)C)C1CC(C)(C)NC(C)(C)C1)C1CC(C)(C)NC(C)(C)C1. The Morgan fingerprint density at radius 3 is 1.80 bits per heavy atom. The lowest BCUT2D eigenvalue weighted by molar-refractivity contribution is 0.0680. The van der Waals surface area contributed by atoms with Crippen LogP contribution in [-0.4, -0.2) is 63.5 Å². The van der Waals surface area contributed by atoms with E-state index in [1.165, 1.54) is 38.6 Å². The minimum atomic E-state index is -0.188. The quantitative estimate of drug-likeness (QED) is 0.0823. The predicted molar refractivity (Wildman–Crippen MR) is 193 cm³/mol. The summed E-state index contributed by atoms with van der Waals surface area (Å²) >= 11 is 0. The van der Waals surface area contributed by atoms with Gasteiger partial charge >= 0.3 is 0 Å². The molecule has 1 unspecified atom stereocenters. The van der Waals surface area contributed by atoms with Crippen molar-refractivity contribution in [3.8, 4) is 0 Å². The van der Waals surface area contributed by atoms with E-state index < -0.39 is 0 Å². The molecule has 44 heavy (non-hydrogen) atoms. The third-order valence-corrected chi connectivity index (χ3v) is 9.62. The van der Waals surface area contributed by atoms with Crippen LogP contribution in [0.15, 0.2) is 4.99 Å². The Labute approximate surface area is 273 Å². The van der Waals surface area contributed by atoms with Crippen LogP contribution in [0.25, 0.3) is 0 Å². The molecule has 1 atom stereocenters. The Morgan fingerprint density at radius 1 is 0.841 bits per heavy atom. The average molecular weight is 618 g/mol. The molecule has 258 valence electrons. The van der Waals surface area contributed by atoms with Crippen LogP contribution >= 0.6 is 0 Å².